The van der Waals surface area contributed by atoms with E-state index in [1.165, 1.54) is 11.1 Å². The Morgan fingerprint density at radius 3 is 2.40 bits per heavy atom. The van der Waals surface area contributed by atoms with Crippen LogP contribution >= 0.6 is 0 Å². The zero-order valence-corrected chi connectivity index (χ0v) is 22.6. The van der Waals surface area contributed by atoms with Gasteiger partial charge in [0, 0.05) is 29.8 Å². The fraction of sp³-hybridized carbons (Fsp3) is 0.314. The summed E-state index contributed by atoms with van der Waals surface area (Å²) in [5, 5.41) is 9.24. The van der Waals surface area contributed by atoms with Gasteiger partial charge in [0.05, 0.1) is 18.0 Å². The van der Waals surface area contributed by atoms with E-state index in [-0.39, 0.29) is 35.9 Å². The molecule has 1 saturated heterocycles. The first kappa shape index (κ1) is 24.9. The quantitative estimate of drug-likeness (QED) is 0.303. The van der Waals surface area contributed by atoms with E-state index in [0.717, 1.165) is 55.1 Å². The lowest BCUT2D eigenvalue weighted by atomic mass is 9.79. The minimum atomic E-state index is -0.200. The number of rotatable bonds is 4. The molecule has 0 spiro atoms. The number of nitrogens with zero attached hydrogens (tertiary/aromatic N) is 1. The summed E-state index contributed by atoms with van der Waals surface area (Å²) in [6.07, 6.45) is 4.66. The van der Waals surface area contributed by atoms with E-state index in [1.807, 2.05) is 36.4 Å². The van der Waals surface area contributed by atoms with Crippen LogP contribution in [-0.2, 0) is 4.79 Å². The molecule has 1 saturated carbocycles. The molecule has 7 rings (SSSR count). The largest absolute Gasteiger partial charge is 0.378 e. The van der Waals surface area contributed by atoms with Gasteiger partial charge in [-0.2, -0.15) is 0 Å². The molecule has 5 atom stereocenters. The highest BCUT2D eigenvalue weighted by molar-refractivity contribution is 5.99. The van der Waals surface area contributed by atoms with Gasteiger partial charge in [-0.05, 0) is 59.4 Å². The van der Waals surface area contributed by atoms with Gasteiger partial charge in [0.1, 0.15) is 0 Å². The molecule has 2 heterocycles. The topological polar surface area (TPSA) is 61.4 Å². The van der Waals surface area contributed by atoms with E-state index in [2.05, 4.69) is 76.2 Å². The highest BCUT2D eigenvalue weighted by Gasteiger charge is 2.48. The Hall–Kier alpha value is -4.12. The predicted molar refractivity (Wildman–Crippen MR) is 159 cm³/mol. The molecule has 2 aliphatic heterocycles. The summed E-state index contributed by atoms with van der Waals surface area (Å²) in [4.78, 5) is 29.9. The average molecular weight is 530 g/mol. The van der Waals surface area contributed by atoms with Crippen molar-refractivity contribution in [2.24, 2.45) is 11.8 Å². The van der Waals surface area contributed by atoms with Crippen LogP contribution in [0.2, 0.25) is 0 Å². The third-order valence-corrected chi connectivity index (χ3v) is 9.32. The summed E-state index contributed by atoms with van der Waals surface area (Å²) >= 11 is 0. The molecule has 40 heavy (non-hydrogen) atoms. The van der Waals surface area contributed by atoms with Crippen molar-refractivity contribution >= 4 is 28.3 Å². The smallest absolute Gasteiger partial charge is 0.251 e. The zero-order chi connectivity index (χ0) is 27.1. The van der Waals surface area contributed by atoms with Crippen molar-refractivity contribution < 1.29 is 9.59 Å². The predicted octanol–water partition coefficient (Wildman–Crippen LogP) is 6.89. The highest BCUT2D eigenvalue weighted by Crippen LogP contribution is 2.51. The lowest BCUT2D eigenvalue weighted by Gasteiger charge is -2.42. The first-order valence-corrected chi connectivity index (χ1v) is 14.7. The number of hydrogen-bond acceptors (Lipinski definition) is 3. The molecule has 0 unspecified atom stereocenters. The van der Waals surface area contributed by atoms with Gasteiger partial charge in [-0.3, -0.25) is 9.59 Å². The number of benzene rings is 4. The maximum absolute atomic E-state index is 14.4. The summed E-state index contributed by atoms with van der Waals surface area (Å²) in [5.74, 6) is 0.204. The van der Waals surface area contributed by atoms with Crippen LogP contribution in [0.3, 0.4) is 0 Å². The molecule has 5 nitrogen and oxygen atoms in total. The van der Waals surface area contributed by atoms with Crippen molar-refractivity contribution in [2.75, 3.05) is 11.9 Å². The Morgan fingerprint density at radius 2 is 1.52 bits per heavy atom. The summed E-state index contributed by atoms with van der Waals surface area (Å²) in [5.41, 5.74) is 4.23. The summed E-state index contributed by atoms with van der Waals surface area (Å²) in [6.45, 7) is 0.745. The van der Waals surface area contributed by atoms with E-state index < -0.39 is 0 Å². The normalized spacial score (nSPS) is 25.5. The number of amides is 2. The van der Waals surface area contributed by atoms with Crippen LogP contribution in [-0.4, -0.2) is 29.3 Å². The maximum atomic E-state index is 14.4. The first-order chi connectivity index (χ1) is 19.7. The number of hydrogen-bond donors (Lipinski definition) is 2. The third-order valence-electron chi connectivity index (χ3n) is 9.32. The number of fused-ring (bicyclic) bond motifs is 4. The van der Waals surface area contributed by atoms with Crippen LogP contribution < -0.4 is 10.6 Å². The van der Waals surface area contributed by atoms with Gasteiger partial charge in [-0.25, -0.2) is 0 Å². The number of anilines is 1. The monoisotopic (exact) mass is 529 g/mol. The number of likely N-dealkylation sites (tertiary alicyclic amines) is 1. The van der Waals surface area contributed by atoms with Crippen LogP contribution in [0.4, 0.5) is 5.69 Å². The molecule has 0 aromatic heterocycles. The van der Waals surface area contributed by atoms with Crippen molar-refractivity contribution in [3.63, 3.8) is 0 Å². The molecule has 0 radical (unpaired) electrons. The number of nitrogens with one attached hydrogen (secondary N) is 2. The van der Waals surface area contributed by atoms with Crippen molar-refractivity contribution in [2.45, 2.75) is 50.2 Å². The zero-order valence-electron chi connectivity index (χ0n) is 22.6. The summed E-state index contributed by atoms with van der Waals surface area (Å²) in [6, 6.07) is 33.0. The molecule has 0 bridgehead atoms. The summed E-state index contributed by atoms with van der Waals surface area (Å²) in [7, 11) is 0. The van der Waals surface area contributed by atoms with Gasteiger partial charge in [0.15, 0.2) is 0 Å². The van der Waals surface area contributed by atoms with E-state index in [9.17, 15) is 9.59 Å². The lowest BCUT2D eigenvalue weighted by molar-refractivity contribution is -0.138. The fourth-order valence-corrected chi connectivity index (χ4v) is 7.36. The standard InChI is InChI=1S/C35H35N3O2/c39-34(26-19-18-23-10-4-5-13-25(23)22-26)37-31-17-9-7-15-28(31)35(40)38-21-20-29-32(24-11-2-1-3-12-24)36-30-16-8-6-14-27(30)33(29)38/h1-6,8,10-14,16,18-19,22,28-29,31-33,36H,7,9,15,17,20-21H2,(H,37,39)/t28-,29-,31+,32-,33-/m0/s1. The van der Waals surface area contributed by atoms with Crippen LogP contribution in [0.5, 0.6) is 0 Å². The van der Waals surface area contributed by atoms with Gasteiger partial charge in [0.25, 0.3) is 5.91 Å². The molecule has 2 N–H and O–H groups in total. The van der Waals surface area contributed by atoms with Gasteiger partial charge < -0.3 is 15.5 Å². The minimum absolute atomic E-state index is 0.0360. The SMILES string of the molecule is O=C(N[C@@H]1CCCC[C@@H]1C(=O)N1CC[C@H]2[C@H](c3ccccc3)Nc3ccccc3[C@@H]21)c1ccc2ccccc2c1. The van der Waals surface area contributed by atoms with Crippen LogP contribution in [0, 0.1) is 11.8 Å². The Kier molecular flexibility index (Phi) is 6.51. The van der Waals surface area contributed by atoms with Crippen molar-refractivity contribution in [1.82, 2.24) is 10.2 Å². The van der Waals surface area contributed by atoms with Crippen molar-refractivity contribution in [3.05, 3.63) is 114 Å². The van der Waals surface area contributed by atoms with Gasteiger partial charge in [0.2, 0.25) is 5.91 Å². The second-order valence-electron chi connectivity index (χ2n) is 11.6. The Balaban J connectivity index is 1.15. The van der Waals surface area contributed by atoms with Gasteiger partial charge in [-0.1, -0.05) is 91.7 Å². The van der Waals surface area contributed by atoms with Crippen LogP contribution in [0.15, 0.2) is 97.1 Å². The molecular formula is C35H35N3O2. The maximum Gasteiger partial charge on any atom is 0.251 e. The number of carbonyl (C=O) groups is 2. The molecule has 3 aliphatic rings. The van der Waals surface area contributed by atoms with Crippen molar-refractivity contribution in [1.29, 1.82) is 0 Å². The number of para-hydroxylation sites is 1. The summed E-state index contributed by atoms with van der Waals surface area (Å²) < 4.78 is 0. The molecule has 4 aromatic rings. The average Bonchev–Trinajstić information content (AvgIpc) is 3.46. The Bertz CT molecular complexity index is 1550. The van der Waals surface area contributed by atoms with E-state index >= 15 is 0 Å². The Morgan fingerprint density at radius 1 is 0.775 bits per heavy atom. The van der Waals surface area contributed by atoms with E-state index in [4.69, 9.17) is 0 Å². The molecule has 1 aliphatic carbocycles. The van der Waals surface area contributed by atoms with Crippen LogP contribution in [0.25, 0.3) is 10.8 Å². The second-order valence-corrected chi connectivity index (χ2v) is 11.6. The van der Waals surface area contributed by atoms with E-state index in [0.29, 0.717) is 11.5 Å². The number of carbonyl (C=O) groups excluding carboxylic acids is 2. The first-order valence-electron chi connectivity index (χ1n) is 14.7. The van der Waals surface area contributed by atoms with Gasteiger partial charge >= 0.3 is 0 Å². The van der Waals surface area contributed by atoms with Gasteiger partial charge in [-0.15, -0.1) is 0 Å². The molecule has 4 aromatic carbocycles. The molecule has 2 fully saturated rings. The lowest BCUT2D eigenvalue weighted by Crippen LogP contribution is -2.50. The van der Waals surface area contributed by atoms with Crippen molar-refractivity contribution in [3.8, 4) is 0 Å². The van der Waals surface area contributed by atoms with E-state index in [1.54, 1.807) is 0 Å². The second kappa shape index (κ2) is 10.5. The highest BCUT2D eigenvalue weighted by atomic mass is 16.2. The molecular weight excluding hydrogens is 494 g/mol. The third kappa shape index (κ3) is 4.43. The molecule has 2 amide bonds. The minimum Gasteiger partial charge on any atom is -0.378 e. The van der Waals surface area contributed by atoms with Crippen LogP contribution in [0.1, 0.15) is 65.7 Å². The molecule has 5 heteroatoms. The molecule has 202 valence electrons. The Labute approximate surface area is 235 Å². The fourth-order valence-electron chi connectivity index (χ4n) is 7.36.